The molecule has 20 heavy (non-hydrogen) atoms. The van der Waals surface area contributed by atoms with E-state index in [1.54, 1.807) is 7.05 Å². The lowest BCUT2D eigenvalue weighted by Crippen LogP contribution is -2.42. The van der Waals surface area contributed by atoms with Crippen molar-refractivity contribution in [2.75, 3.05) is 7.05 Å². The van der Waals surface area contributed by atoms with Crippen LogP contribution in [0, 0.1) is 5.92 Å². The second-order valence-electron chi connectivity index (χ2n) is 5.60. The molecule has 110 valence electrons. The quantitative estimate of drug-likeness (QED) is 0.490. The lowest BCUT2D eigenvalue weighted by Gasteiger charge is -2.17. The van der Waals surface area contributed by atoms with Crippen LogP contribution < -0.4 is 10.6 Å². The Labute approximate surface area is 121 Å². The molecule has 1 aliphatic rings. The largest absolute Gasteiger partial charge is 0.353 e. The Balaban J connectivity index is 1.85. The number of imidazole rings is 1. The topological polar surface area (TPSA) is 54.2 Å². The van der Waals surface area contributed by atoms with Crippen LogP contribution in [0.25, 0.3) is 0 Å². The van der Waals surface area contributed by atoms with Crippen LogP contribution in [-0.2, 0) is 13.1 Å². The number of guanidine groups is 1. The van der Waals surface area contributed by atoms with Gasteiger partial charge in [0, 0.05) is 32.0 Å². The summed E-state index contributed by atoms with van der Waals surface area (Å²) in [6.07, 6.45) is 10.5. The molecule has 0 radical (unpaired) electrons. The Hall–Kier alpha value is -1.78. The molecule has 0 spiro atoms. The van der Waals surface area contributed by atoms with Crippen LogP contribution in [-0.4, -0.2) is 28.6 Å². The molecule has 0 saturated carbocycles. The number of aliphatic imine (C=N–C) groups is 1. The summed E-state index contributed by atoms with van der Waals surface area (Å²) in [6.45, 7) is 6.12. The molecule has 0 atom stereocenters. The van der Waals surface area contributed by atoms with Crippen molar-refractivity contribution in [1.29, 1.82) is 0 Å². The molecule has 5 nitrogen and oxygen atoms in total. The molecule has 1 aromatic heterocycles. The molecular formula is C15H25N5. The minimum Gasteiger partial charge on any atom is -0.353 e. The predicted molar refractivity (Wildman–Crippen MR) is 82.6 cm³/mol. The number of nitrogens with one attached hydrogen (secondary N) is 2. The molecule has 1 heterocycles. The van der Waals surface area contributed by atoms with Crippen molar-refractivity contribution in [2.24, 2.45) is 10.9 Å². The van der Waals surface area contributed by atoms with Gasteiger partial charge in [-0.25, -0.2) is 4.98 Å². The van der Waals surface area contributed by atoms with Gasteiger partial charge in [-0.3, -0.25) is 4.99 Å². The third-order valence-corrected chi connectivity index (χ3v) is 3.35. The number of nitrogens with zero attached hydrogens (tertiary/aromatic N) is 3. The molecule has 0 unspecified atom stereocenters. The van der Waals surface area contributed by atoms with Crippen LogP contribution in [0.5, 0.6) is 0 Å². The van der Waals surface area contributed by atoms with E-state index in [0.717, 1.165) is 31.2 Å². The van der Waals surface area contributed by atoms with Gasteiger partial charge in [-0.1, -0.05) is 26.0 Å². The van der Waals surface area contributed by atoms with Gasteiger partial charge in [-0.2, -0.15) is 0 Å². The second-order valence-corrected chi connectivity index (χ2v) is 5.60. The van der Waals surface area contributed by atoms with Gasteiger partial charge in [0.05, 0.1) is 6.54 Å². The zero-order valence-corrected chi connectivity index (χ0v) is 12.6. The number of rotatable bonds is 5. The summed E-state index contributed by atoms with van der Waals surface area (Å²) >= 11 is 0. The van der Waals surface area contributed by atoms with Crippen molar-refractivity contribution in [3.8, 4) is 0 Å². The fraction of sp³-hybridized carbons (Fsp3) is 0.600. The van der Waals surface area contributed by atoms with Gasteiger partial charge in [0.1, 0.15) is 5.82 Å². The highest BCUT2D eigenvalue weighted by atomic mass is 15.2. The summed E-state index contributed by atoms with van der Waals surface area (Å²) < 4.78 is 2.20. The first kappa shape index (κ1) is 14.6. The van der Waals surface area contributed by atoms with E-state index in [0.29, 0.717) is 18.5 Å². The van der Waals surface area contributed by atoms with Gasteiger partial charge < -0.3 is 15.2 Å². The van der Waals surface area contributed by atoms with Gasteiger partial charge in [-0.05, 0) is 18.8 Å². The molecule has 2 N–H and O–H groups in total. The van der Waals surface area contributed by atoms with Crippen LogP contribution in [0.2, 0.25) is 0 Å². The summed E-state index contributed by atoms with van der Waals surface area (Å²) in [5.41, 5.74) is 0. The monoisotopic (exact) mass is 275 g/mol. The van der Waals surface area contributed by atoms with E-state index in [1.165, 1.54) is 0 Å². The Bertz CT molecular complexity index is 464. The van der Waals surface area contributed by atoms with Gasteiger partial charge in [-0.15, -0.1) is 0 Å². The average Bonchev–Trinajstić information content (AvgIpc) is 3.05. The lowest BCUT2D eigenvalue weighted by molar-refractivity contribution is 0.503. The molecule has 5 heteroatoms. The van der Waals surface area contributed by atoms with Gasteiger partial charge >= 0.3 is 0 Å². The van der Waals surface area contributed by atoms with Crippen molar-refractivity contribution in [1.82, 2.24) is 20.2 Å². The Kier molecular flexibility index (Phi) is 5.21. The van der Waals surface area contributed by atoms with Crippen LogP contribution >= 0.6 is 0 Å². The lowest BCUT2D eigenvalue weighted by atomic mass is 10.2. The standard InChI is InChI=1S/C15H25N5/c1-12(2)11-20-9-8-17-14(20)10-18-15(16-3)19-13-6-4-5-7-13/h4-5,8-9,12-13H,6-7,10-11H2,1-3H3,(H2,16,18,19). The first-order valence-corrected chi connectivity index (χ1v) is 7.31. The minimum atomic E-state index is 0.469. The van der Waals surface area contributed by atoms with Crippen molar-refractivity contribution < 1.29 is 0 Å². The van der Waals surface area contributed by atoms with E-state index in [2.05, 4.69) is 51.2 Å². The predicted octanol–water partition coefficient (Wildman–Crippen LogP) is 1.92. The summed E-state index contributed by atoms with van der Waals surface area (Å²) in [7, 11) is 1.80. The Morgan fingerprint density at radius 2 is 2.20 bits per heavy atom. The van der Waals surface area contributed by atoms with E-state index in [9.17, 15) is 0 Å². The summed E-state index contributed by atoms with van der Waals surface area (Å²) in [5, 5.41) is 6.77. The van der Waals surface area contributed by atoms with E-state index < -0.39 is 0 Å². The third kappa shape index (κ3) is 4.11. The SMILES string of the molecule is CN=C(NCc1nccn1CC(C)C)NC1CC=CC1. The number of hydrogen-bond acceptors (Lipinski definition) is 2. The van der Waals surface area contributed by atoms with Crippen LogP contribution in [0.1, 0.15) is 32.5 Å². The van der Waals surface area contributed by atoms with Crippen LogP contribution in [0.3, 0.4) is 0 Å². The average molecular weight is 275 g/mol. The molecule has 1 aromatic rings. The number of aromatic nitrogens is 2. The fourth-order valence-electron chi connectivity index (χ4n) is 2.35. The smallest absolute Gasteiger partial charge is 0.191 e. The fourth-order valence-corrected chi connectivity index (χ4v) is 2.35. The Morgan fingerprint density at radius 1 is 1.45 bits per heavy atom. The Morgan fingerprint density at radius 3 is 2.85 bits per heavy atom. The van der Waals surface area contributed by atoms with E-state index in [4.69, 9.17) is 0 Å². The van der Waals surface area contributed by atoms with E-state index >= 15 is 0 Å². The van der Waals surface area contributed by atoms with Gasteiger partial charge in [0.15, 0.2) is 5.96 Å². The second kappa shape index (κ2) is 7.12. The summed E-state index contributed by atoms with van der Waals surface area (Å²) in [5.74, 6) is 2.51. The van der Waals surface area contributed by atoms with Crippen molar-refractivity contribution >= 4 is 5.96 Å². The highest BCUT2D eigenvalue weighted by Gasteiger charge is 2.12. The molecule has 0 amide bonds. The number of hydrogen-bond donors (Lipinski definition) is 2. The highest BCUT2D eigenvalue weighted by Crippen LogP contribution is 2.08. The summed E-state index contributed by atoms with van der Waals surface area (Å²) in [6, 6.07) is 0.469. The molecule has 0 fully saturated rings. The zero-order valence-electron chi connectivity index (χ0n) is 12.6. The maximum Gasteiger partial charge on any atom is 0.191 e. The van der Waals surface area contributed by atoms with Crippen LogP contribution in [0.4, 0.5) is 0 Å². The van der Waals surface area contributed by atoms with Crippen molar-refractivity contribution in [2.45, 2.75) is 45.8 Å². The third-order valence-electron chi connectivity index (χ3n) is 3.35. The van der Waals surface area contributed by atoms with Crippen LogP contribution in [0.15, 0.2) is 29.5 Å². The van der Waals surface area contributed by atoms with Gasteiger partial charge in [0.2, 0.25) is 0 Å². The highest BCUT2D eigenvalue weighted by molar-refractivity contribution is 5.79. The first-order valence-electron chi connectivity index (χ1n) is 7.31. The molecule has 2 rings (SSSR count). The molecule has 0 aliphatic heterocycles. The normalized spacial score (nSPS) is 16.1. The maximum absolute atomic E-state index is 4.41. The van der Waals surface area contributed by atoms with E-state index in [-0.39, 0.29) is 0 Å². The van der Waals surface area contributed by atoms with Crippen molar-refractivity contribution in [3.05, 3.63) is 30.4 Å². The molecule has 0 aromatic carbocycles. The first-order chi connectivity index (χ1) is 9.69. The summed E-state index contributed by atoms with van der Waals surface area (Å²) in [4.78, 5) is 8.68. The van der Waals surface area contributed by atoms with Gasteiger partial charge in [0.25, 0.3) is 0 Å². The minimum absolute atomic E-state index is 0.469. The molecular weight excluding hydrogens is 250 g/mol. The molecule has 0 bridgehead atoms. The molecule has 1 aliphatic carbocycles. The molecule has 0 saturated heterocycles. The zero-order chi connectivity index (χ0) is 14.4. The van der Waals surface area contributed by atoms with E-state index in [1.807, 2.05) is 12.4 Å². The van der Waals surface area contributed by atoms with Crippen molar-refractivity contribution in [3.63, 3.8) is 0 Å². The maximum atomic E-state index is 4.41.